The summed E-state index contributed by atoms with van der Waals surface area (Å²) in [6, 6.07) is 4.60. The van der Waals surface area contributed by atoms with E-state index >= 15 is 0 Å². The monoisotopic (exact) mass is 300 g/mol. The fourth-order valence-electron chi connectivity index (χ4n) is 1.49. The third-order valence-corrected chi connectivity index (χ3v) is 2.87. The molecule has 0 unspecified atom stereocenters. The molecule has 0 fully saturated rings. The summed E-state index contributed by atoms with van der Waals surface area (Å²) in [5, 5.41) is 6.85. The number of halogens is 2. The Morgan fingerprint density at radius 1 is 1.32 bits per heavy atom. The molecule has 0 bridgehead atoms. The molecule has 1 heterocycles. The van der Waals surface area contributed by atoms with E-state index in [0.717, 1.165) is 0 Å². The van der Waals surface area contributed by atoms with Crippen molar-refractivity contribution < 1.29 is 14.1 Å². The van der Waals surface area contributed by atoms with Gasteiger partial charge in [-0.2, -0.15) is 0 Å². The van der Waals surface area contributed by atoms with E-state index in [2.05, 4.69) is 10.5 Å². The smallest absolute Gasteiger partial charge is 0.294 e. The van der Waals surface area contributed by atoms with Gasteiger partial charge in [0.05, 0.1) is 22.8 Å². The summed E-state index contributed by atoms with van der Waals surface area (Å²) in [5.41, 5.74) is 1.06. The van der Waals surface area contributed by atoms with E-state index < -0.39 is 5.91 Å². The number of amides is 1. The van der Waals surface area contributed by atoms with Gasteiger partial charge in [-0.15, -0.1) is 0 Å². The Hall–Kier alpha value is -1.72. The maximum absolute atomic E-state index is 11.8. The van der Waals surface area contributed by atoms with E-state index in [4.69, 9.17) is 32.5 Å². The number of nitrogens with zero attached hydrogens (tertiary/aromatic N) is 1. The van der Waals surface area contributed by atoms with Crippen molar-refractivity contribution in [3.8, 4) is 5.75 Å². The second kappa shape index (κ2) is 5.50. The Kier molecular flexibility index (Phi) is 3.97. The summed E-state index contributed by atoms with van der Waals surface area (Å²) in [6.45, 7) is 1.72. The topological polar surface area (TPSA) is 64.4 Å². The van der Waals surface area contributed by atoms with Crippen LogP contribution in [0.3, 0.4) is 0 Å². The van der Waals surface area contributed by atoms with E-state index in [9.17, 15) is 4.79 Å². The minimum absolute atomic E-state index is 0.112. The Bertz CT molecular complexity index is 602. The van der Waals surface area contributed by atoms with Crippen LogP contribution < -0.4 is 10.1 Å². The van der Waals surface area contributed by atoms with E-state index in [-0.39, 0.29) is 5.76 Å². The van der Waals surface area contributed by atoms with Crippen molar-refractivity contribution in [3.05, 3.63) is 39.7 Å². The lowest BCUT2D eigenvalue weighted by atomic mass is 10.3. The number of carbonyl (C=O) groups excluding carboxylic acids is 1. The molecule has 0 saturated carbocycles. The predicted molar refractivity (Wildman–Crippen MR) is 72.2 cm³/mol. The lowest BCUT2D eigenvalue weighted by Gasteiger charge is -2.09. The van der Waals surface area contributed by atoms with Crippen LogP contribution in [0, 0.1) is 6.92 Å². The molecule has 5 nitrogen and oxygen atoms in total. The zero-order chi connectivity index (χ0) is 14.0. The van der Waals surface area contributed by atoms with E-state index in [1.807, 2.05) is 0 Å². The molecule has 1 amide bonds. The van der Waals surface area contributed by atoms with Crippen LogP contribution in [-0.2, 0) is 0 Å². The molecule has 7 heteroatoms. The van der Waals surface area contributed by atoms with Crippen molar-refractivity contribution >= 4 is 34.8 Å². The highest BCUT2D eigenvalue weighted by Gasteiger charge is 2.14. The molecule has 100 valence electrons. The fraction of sp³-hybridized carbons (Fsp3) is 0.167. The largest absolute Gasteiger partial charge is 0.494 e. The van der Waals surface area contributed by atoms with Crippen LogP contribution in [0.1, 0.15) is 16.2 Å². The number of methoxy groups -OCH3 is 1. The van der Waals surface area contributed by atoms with Gasteiger partial charge in [0, 0.05) is 11.8 Å². The summed E-state index contributed by atoms with van der Waals surface area (Å²) in [6.07, 6.45) is 0. The first-order chi connectivity index (χ1) is 9.01. The summed E-state index contributed by atoms with van der Waals surface area (Å²) >= 11 is 11.9. The summed E-state index contributed by atoms with van der Waals surface area (Å²) in [4.78, 5) is 11.8. The maximum atomic E-state index is 11.8. The Balaban J connectivity index is 2.22. The van der Waals surface area contributed by atoms with Gasteiger partial charge in [-0.3, -0.25) is 4.79 Å². The molecule has 2 rings (SSSR count). The lowest BCUT2D eigenvalue weighted by Crippen LogP contribution is -2.11. The van der Waals surface area contributed by atoms with Crippen molar-refractivity contribution in [3.63, 3.8) is 0 Å². The minimum Gasteiger partial charge on any atom is -0.494 e. The number of ether oxygens (including phenoxy) is 1. The van der Waals surface area contributed by atoms with Gasteiger partial charge in [-0.05, 0) is 19.1 Å². The zero-order valence-electron chi connectivity index (χ0n) is 10.2. The number of hydrogen-bond donors (Lipinski definition) is 1. The van der Waals surface area contributed by atoms with E-state index in [0.29, 0.717) is 27.2 Å². The molecular formula is C12H10Cl2N2O3. The van der Waals surface area contributed by atoms with Crippen molar-refractivity contribution in [1.29, 1.82) is 0 Å². The van der Waals surface area contributed by atoms with Gasteiger partial charge in [0.25, 0.3) is 5.91 Å². The van der Waals surface area contributed by atoms with Gasteiger partial charge in [-0.25, -0.2) is 0 Å². The maximum Gasteiger partial charge on any atom is 0.294 e. The average Bonchev–Trinajstić information content (AvgIpc) is 2.75. The van der Waals surface area contributed by atoms with Crippen molar-refractivity contribution in [2.75, 3.05) is 12.4 Å². The molecule has 1 N–H and O–H groups in total. The number of nitrogens with one attached hydrogen (secondary N) is 1. The van der Waals surface area contributed by atoms with Crippen molar-refractivity contribution in [2.24, 2.45) is 0 Å². The highest BCUT2D eigenvalue weighted by molar-refractivity contribution is 6.37. The Morgan fingerprint density at radius 3 is 2.42 bits per heavy atom. The van der Waals surface area contributed by atoms with Gasteiger partial charge >= 0.3 is 0 Å². The highest BCUT2D eigenvalue weighted by atomic mass is 35.5. The molecule has 0 aliphatic heterocycles. The third-order valence-electron chi connectivity index (χ3n) is 2.31. The molecule has 0 atom stereocenters. The molecule has 1 aromatic heterocycles. The first-order valence-corrected chi connectivity index (χ1v) is 6.04. The first-order valence-electron chi connectivity index (χ1n) is 5.29. The van der Waals surface area contributed by atoms with Gasteiger partial charge in [0.2, 0.25) is 5.76 Å². The van der Waals surface area contributed by atoms with Crippen molar-refractivity contribution in [2.45, 2.75) is 6.92 Å². The van der Waals surface area contributed by atoms with Gasteiger partial charge in [0.1, 0.15) is 0 Å². The second-order valence-corrected chi connectivity index (χ2v) is 4.57. The number of carbonyl (C=O) groups is 1. The van der Waals surface area contributed by atoms with Gasteiger partial charge in [0.15, 0.2) is 5.75 Å². The molecule has 0 saturated heterocycles. The van der Waals surface area contributed by atoms with Crippen LogP contribution in [0.25, 0.3) is 0 Å². The quantitative estimate of drug-likeness (QED) is 0.941. The molecular weight excluding hydrogens is 291 g/mol. The summed E-state index contributed by atoms with van der Waals surface area (Å²) < 4.78 is 9.87. The number of rotatable bonds is 3. The number of benzene rings is 1. The SMILES string of the molecule is COc1c(Cl)cc(NC(=O)c2cc(C)no2)cc1Cl. The third kappa shape index (κ3) is 3.00. The number of aryl methyl sites for hydroxylation is 1. The van der Waals surface area contributed by atoms with Crippen LogP contribution >= 0.6 is 23.2 Å². The van der Waals surface area contributed by atoms with Crippen LogP contribution in [0.4, 0.5) is 5.69 Å². The molecule has 0 aliphatic rings. The highest BCUT2D eigenvalue weighted by Crippen LogP contribution is 2.35. The molecule has 2 aromatic rings. The molecule has 0 radical (unpaired) electrons. The second-order valence-electron chi connectivity index (χ2n) is 3.76. The van der Waals surface area contributed by atoms with Crippen LogP contribution in [0.15, 0.2) is 22.7 Å². The Labute approximate surface area is 119 Å². The van der Waals surface area contributed by atoms with Gasteiger partial charge < -0.3 is 14.6 Å². The van der Waals surface area contributed by atoms with Crippen LogP contribution in [0.2, 0.25) is 10.0 Å². The summed E-state index contributed by atoms with van der Waals surface area (Å²) in [5.74, 6) is 0.0373. The first kappa shape index (κ1) is 13.7. The summed E-state index contributed by atoms with van der Waals surface area (Å²) in [7, 11) is 1.46. The Morgan fingerprint density at radius 2 is 1.95 bits per heavy atom. The molecule has 0 aliphatic carbocycles. The van der Waals surface area contributed by atoms with Gasteiger partial charge in [-0.1, -0.05) is 28.4 Å². The van der Waals surface area contributed by atoms with Crippen LogP contribution in [0.5, 0.6) is 5.75 Å². The number of anilines is 1. The number of hydrogen-bond acceptors (Lipinski definition) is 4. The fourth-order valence-corrected chi connectivity index (χ4v) is 2.13. The van der Waals surface area contributed by atoms with Crippen molar-refractivity contribution in [1.82, 2.24) is 5.16 Å². The average molecular weight is 301 g/mol. The predicted octanol–water partition coefficient (Wildman–Crippen LogP) is 3.55. The molecule has 0 spiro atoms. The minimum atomic E-state index is -0.432. The van der Waals surface area contributed by atoms with E-state index in [1.54, 1.807) is 6.92 Å². The molecule has 19 heavy (non-hydrogen) atoms. The zero-order valence-corrected chi connectivity index (χ0v) is 11.7. The molecule has 1 aromatic carbocycles. The normalized spacial score (nSPS) is 10.3. The standard InChI is InChI=1S/C12H10Cl2N2O3/c1-6-3-10(19-16-6)12(17)15-7-4-8(13)11(18-2)9(14)5-7/h3-5H,1-2H3,(H,15,17). The number of aromatic nitrogens is 1. The van der Waals surface area contributed by atoms with Crippen LogP contribution in [-0.4, -0.2) is 18.2 Å². The lowest BCUT2D eigenvalue weighted by molar-refractivity contribution is 0.0988. The van der Waals surface area contributed by atoms with E-state index in [1.165, 1.54) is 25.3 Å².